The molecule has 2 heterocycles. The summed E-state index contributed by atoms with van der Waals surface area (Å²) in [4.78, 5) is 46.7. The highest BCUT2D eigenvalue weighted by Crippen LogP contribution is 2.27. The molecule has 0 aromatic carbocycles. The van der Waals surface area contributed by atoms with Crippen molar-refractivity contribution in [1.29, 1.82) is 0 Å². The molecule has 0 saturated carbocycles. The Hall–Kier alpha value is -1.67. The van der Waals surface area contributed by atoms with Gasteiger partial charge in [0.15, 0.2) is 0 Å². The molecule has 2 saturated heterocycles. The van der Waals surface area contributed by atoms with Crippen molar-refractivity contribution in [2.45, 2.75) is 111 Å². The van der Waals surface area contributed by atoms with E-state index in [9.17, 15) is 14.4 Å². The van der Waals surface area contributed by atoms with E-state index in [4.69, 9.17) is 0 Å². The lowest BCUT2D eigenvalue weighted by Gasteiger charge is -2.41. The zero-order chi connectivity index (χ0) is 27.3. The third-order valence-electron chi connectivity index (χ3n) is 8.61. The first-order valence-corrected chi connectivity index (χ1v) is 14.1. The van der Waals surface area contributed by atoms with Crippen LogP contribution < -0.4 is 10.6 Å². The number of likely N-dealkylation sites (tertiary alicyclic amines) is 2. The number of nitrogens with zero attached hydrogens (tertiary/aromatic N) is 3. The summed E-state index contributed by atoms with van der Waals surface area (Å²) in [7, 11) is 3.66. The van der Waals surface area contributed by atoms with Gasteiger partial charge >= 0.3 is 0 Å². The van der Waals surface area contributed by atoms with Crippen molar-refractivity contribution in [2.75, 3.05) is 40.3 Å². The maximum Gasteiger partial charge on any atom is 0.245 e. The van der Waals surface area contributed by atoms with Gasteiger partial charge in [-0.1, -0.05) is 48.5 Å². The Kier molecular flexibility index (Phi) is 10.8. The number of amides is 3. The van der Waals surface area contributed by atoms with Crippen LogP contribution in [0.15, 0.2) is 0 Å². The number of nitrogens with one attached hydrogen (secondary N) is 2. The molecule has 3 amide bonds. The molecule has 0 aliphatic carbocycles. The van der Waals surface area contributed by atoms with Gasteiger partial charge in [-0.25, -0.2) is 0 Å². The topological polar surface area (TPSA) is 85.0 Å². The van der Waals surface area contributed by atoms with Crippen molar-refractivity contribution in [2.24, 2.45) is 11.3 Å². The quantitative estimate of drug-likeness (QED) is 0.449. The molecule has 0 aromatic heterocycles. The van der Waals surface area contributed by atoms with Crippen molar-refractivity contribution < 1.29 is 14.4 Å². The molecular weight excluding hydrogens is 454 g/mol. The predicted molar refractivity (Wildman–Crippen MR) is 146 cm³/mol. The van der Waals surface area contributed by atoms with E-state index in [1.54, 1.807) is 7.05 Å². The Morgan fingerprint density at radius 3 is 2.06 bits per heavy atom. The zero-order valence-corrected chi connectivity index (χ0v) is 24.4. The SMILES string of the molecule is CCC(CC)(NC)C(=O)NC(C(=O)N(C)C(CN1CCCC1C(=O)N1CCCC1)C(C)C)C(C)(C)C. The van der Waals surface area contributed by atoms with Gasteiger partial charge in [-0.3, -0.25) is 19.3 Å². The van der Waals surface area contributed by atoms with E-state index in [-0.39, 0.29) is 35.7 Å². The molecule has 0 spiro atoms. The largest absolute Gasteiger partial charge is 0.342 e. The fraction of sp³-hybridized carbons (Fsp3) is 0.893. The molecule has 3 unspecified atom stereocenters. The van der Waals surface area contributed by atoms with Gasteiger partial charge in [-0.2, -0.15) is 0 Å². The average Bonchev–Trinajstić information content (AvgIpc) is 3.52. The van der Waals surface area contributed by atoms with Gasteiger partial charge in [0.05, 0.1) is 11.6 Å². The lowest BCUT2D eigenvalue weighted by molar-refractivity contribution is -0.143. The van der Waals surface area contributed by atoms with Gasteiger partial charge < -0.3 is 20.4 Å². The summed E-state index contributed by atoms with van der Waals surface area (Å²) in [5.74, 6) is 0.256. The maximum atomic E-state index is 14.0. The Morgan fingerprint density at radius 1 is 1.00 bits per heavy atom. The number of hydrogen-bond donors (Lipinski definition) is 2. The van der Waals surface area contributed by atoms with E-state index in [1.807, 2.05) is 51.5 Å². The van der Waals surface area contributed by atoms with Gasteiger partial charge in [0, 0.05) is 32.7 Å². The van der Waals surface area contributed by atoms with Crippen LogP contribution in [-0.4, -0.2) is 96.4 Å². The summed E-state index contributed by atoms with van der Waals surface area (Å²) >= 11 is 0. The first-order valence-electron chi connectivity index (χ1n) is 14.1. The van der Waals surface area contributed by atoms with Crippen LogP contribution in [0.3, 0.4) is 0 Å². The van der Waals surface area contributed by atoms with Crippen molar-refractivity contribution in [3.05, 3.63) is 0 Å². The van der Waals surface area contributed by atoms with Crippen molar-refractivity contribution in [3.63, 3.8) is 0 Å². The van der Waals surface area contributed by atoms with Crippen molar-refractivity contribution in [1.82, 2.24) is 25.3 Å². The Bertz CT molecular complexity index is 745. The molecule has 2 fully saturated rings. The molecule has 0 aromatic rings. The van der Waals surface area contributed by atoms with Gasteiger partial charge in [-0.05, 0) is 63.5 Å². The number of carbonyl (C=O) groups excluding carboxylic acids is 3. The third-order valence-corrected chi connectivity index (χ3v) is 8.61. The summed E-state index contributed by atoms with van der Waals surface area (Å²) in [6.07, 6.45) is 5.36. The van der Waals surface area contributed by atoms with E-state index in [0.29, 0.717) is 19.4 Å². The molecule has 2 aliphatic rings. The molecule has 2 rings (SSSR count). The summed E-state index contributed by atoms with van der Waals surface area (Å²) in [6.45, 7) is 17.5. The van der Waals surface area contributed by atoms with Crippen LogP contribution in [0.25, 0.3) is 0 Å². The smallest absolute Gasteiger partial charge is 0.245 e. The molecule has 8 heteroatoms. The van der Waals surface area contributed by atoms with Crippen LogP contribution in [0, 0.1) is 11.3 Å². The minimum atomic E-state index is -0.696. The monoisotopic (exact) mass is 507 g/mol. The number of rotatable bonds is 11. The molecule has 2 aliphatic heterocycles. The highest BCUT2D eigenvalue weighted by Gasteiger charge is 2.43. The highest BCUT2D eigenvalue weighted by atomic mass is 16.2. The lowest BCUT2D eigenvalue weighted by Crippen LogP contribution is -2.63. The fourth-order valence-electron chi connectivity index (χ4n) is 5.82. The maximum absolute atomic E-state index is 14.0. The number of carbonyl (C=O) groups is 3. The molecule has 36 heavy (non-hydrogen) atoms. The Labute approximate surface area is 219 Å². The zero-order valence-electron chi connectivity index (χ0n) is 24.4. The highest BCUT2D eigenvalue weighted by molar-refractivity contribution is 5.92. The van der Waals surface area contributed by atoms with E-state index in [2.05, 4.69) is 29.4 Å². The molecule has 8 nitrogen and oxygen atoms in total. The second-order valence-electron chi connectivity index (χ2n) is 12.3. The van der Waals surface area contributed by atoms with E-state index in [1.165, 1.54) is 0 Å². The van der Waals surface area contributed by atoms with E-state index in [0.717, 1.165) is 45.3 Å². The summed E-state index contributed by atoms with van der Waals surface area (Å²) < 4.78 is 0. The summed E-state index contributed by atoms with van der Waals surface area (Å²) in [5.41, 5.74) is -1.15. The molecule has 3 atom stereocenters. The molecular formula is C28H53N5O3. The molecule has 0 radical (unpaired) electrons. The van der Waals surface area contributed by atoms with Gasteiger partial charge in [0.25, 0.3) is 0 Å². The third kappa shape index (κ3) is 6.80. The standard InChI is InChI=1S/C28H53N5O3/c1-10-28(11-2,29-8)26(36)30-23(27(5,6)7)25(35)31(9)22(20(3)4)19-33-18-14-15-21(33)24(34)32-16-12-13-17-32/h20-23,29H,10-19H2,1-9H3,(H,30,36). The Balaban J connectivity index is 2.22. The number of hydrogen-bond acceptors (Lipinski definition) is 5. The second kappa shape index (κ2) is 12.7. The Morgan fingerprint density at radius 2 is 1.58 bits per heavy atom. The predicted octanol–water partition coefficient (Wildman–Crippen LogP) is 2.87. The summed E-state index contributed by atoms with van der Waals surface area (Å²) in [6, 6.07) is -0.795. The molecule has 0 bridgehead atoms. The normalized spacial score (nSPS) is 21.1. The van der Waals surface area contributed by atoms with E-state index < -0.39 is 17.0 Å². The van der Waals surface area contributed by atoms with Crippen molar-refractivity contribution in [3.8, 4) is 0 Å². The van der Waals surface area contributed by atoms with Crippen LogP contribution >= 0.6 is 0 Å². The number of likely N-dealkylation sites (N-methyl/N-ethyl adjacent to an activating group) is 2. The minimum absolute atomic E-state index is 0.0577. The lowest BCUT2D eigenvalue weighted by atomic mass is 9.83. The van der Waals surface area contributed by atoms with E-state index >= 15 is 0 Å². The van der Waals surface area contributed by atoms with Crippen LogP contribution in [0.5, 0.6) is 0 Å². The average molecular weight is 508 g/mol. The van der Waals surface area contributed by atoms with Crippen LogP contribution in [0.4, 0.5) is 0 Å². The van der Waals surface area contributed by atoms with Gasteiger partial charge in [0.1, 0.15) is 6.04 Å². The van der Waals surface area contributed by atoms with Crippen LogP contribution in [0.1, 0.15) is 87.0 Å². The second-order valence-corrected chi connectivity index (χ2v) is 12.3. The summed E-state index contributed by atoms with van der Waals surface area (Å²) in [5, 5.41) is 6.30. The van der Waals surface area contributed by atoms with Crippen LogP contribution in [-0.2, 0) is 14.4 Å². The van der Waals surface area contributed by atoms with Crippen molar-refractivity contribution >= 4 is 17.7 Å². The molecule has 2 N–H and O–H groups in total. The van der Waals surface area contributed by atoms with Gasteiger partial charge in [-0.15, -0.1) is 0 Å². The molecule has 208 valence electrons. The first kappa shape index (κ1) is 30.6. The van der Waals surface area contributed by atoms with Crippen LogP contribution in [0.2, 0.25) is 0 Å². The minimum Gasteiger partial charge on any atom is -0.342 e. The fourth-order valence-corrected chi connectivity index (χ4v) is 5.82. The van der Waals surface area contributed by atoms with Gasteiger partial charge in [0.2, 0.25) is 17.7 Å². The first-order chi connectivity index (χ1) is 16.8.